The van der Waals surface area contributed by atoms with Crippen molar-refractivity contribution in [3.63, 3.8) is 0 Å². The highest BCUT2D eigenvalue weighted by molar-refractivity contribution is 7.91. The largest absolute Gasteiger partial charge is 0.492 e. The van der Waals surface area contributed by atoms with Crippen molar-refractivity contribution in [1.82, 2.24) is 4.31 Å². The van der Waals surface area contributed by atoms with Gasteiger partial charge in [0.2, 0.25) is 0 Å². The Morgan fingerprint density at radius 1 is 1.15 bits per heavy atom. The van der Waals surface area contributed by atoms with Crippen LogP contribution in [0.1, 0.15) is 36.5 Å². The van der Waals surface area contributed by atoms with Gasteiger partial charge in [0.25, 0.3) is 10.0 Å². The van der Waals surface area contributed by atoms with Gasteiger partial charge in [-0.3, -0.25) is 4.79 Å². The van der Waals surface area contributed by atoms with Crippen LogP contribution in [0.15, 0.2) is 40.6 Å². The maximum Gasteiger partial charge on any atom is 0.303 e. The molecule has 0 saturated heterocycles. The molecule has 1 heterocycles. The number of nitrogens with zero attached hydrogens (tertiary/aromatic N) is 1. The topological polar surface area (TPSA) is 83.9 Å². The Bertz CT molecular complexity index is 1250. The fraction of sp³-hybridized carbons (Fsp3) is 0.375. The third kappa shape index (κ3) is 5.90. The van der Waals surface area contributed by atoms with Crippen LogP contribution in [-0.4, -0.2) is 43.5 Å². The molecular weight excluding hydrogens is 465 g/mol. The zero-order valence-corrected chi connectivity index (χ0v) is 20.6. The zero-order valence-electron chi connectivity index (χ0n) is 18.9. The Labute approximate surface area is 197 Å². The lowest BCUT2D eigenvalue weighted by atomic mass is 10.0. The van der Waals surface area contributed by atoms with E-state index in [1.165, 1.54) is 16.4 Å². The molecule has 178 valence electrons. The summed E-state index contributed by atoms with van der Waals surface area (Å²) in [5.41, 5.74) is 2.43. The molecule has 1 aromatic heterocycles. The van der Waals surface area contributed by atoms with Crippen LogP contribution in [0.2, 0.25) is 0 Å². The predicted octanol–water partition coefficient (Wildman–Crippen LogP) is 5.15. The van der Waals surface area contributed by atoms with Gasteiger partial charge in [-0.2, -0.15) is 4.31 Å². The molecule has 0 fully saturated rings. The van der Waals surface area contributed by atoms with Crippen LogP contribution in [0.25, 0.3) is 10.1 Å². The fourth-order valence-electron chi connectivity index (χ4n) is 3.68. The molecule has 3 rings (SSSR count). The summed E-state index contributed by atoms with van der Waals surface area (Å²) in [6.07, 6.45) is 1.16. The highest BCUT2D eigenvalue weighted by atomic mass is 32.2. The van der Waals surface area contributed by atoms with E-state index in [2.05, 4.69) is 0 Å². The van der Waals surface area contributed by atoms with Crippen LogP contribution in [0, 0.1) is 19.7 Å². The maximum absolute atomic E-state index is 13.7. The summed E-state index contributed by atoms with van der Waals surface area (Å²) >= 11 is 1.15. The van der Waals surface area contributed by atoms with E-state index in [4.69, 9.17) is 9.84 Å². The molecule has 0 aliphatic rings. The molecule has 0 saturated carbocycles. The first-order valence-corrected chi connectivity index (χ1v) is 13.0. The monoisotopic (exact) mass is 493 g/mol. The normalized spacial score (nSPS) is 11.9. The molecule has 0 bridgehead atoms. The number of aliphatic carboxylic acids is 1. The number of hydrogen-bond donors (Lipinski definition) is 1. The summed E-state index contributed by atoms with van der Waals surface area (Å²) < 4.78 is 48.7. The second kappa shape index (κ2) is 10.6. The summed E-state index contributed by atoms with van der Waals surface area (Å²) in [6.45, 7) is 6.21. The number of carboxylic acids is 1. The van der Waals surface area contributed by atoms with E-state index in [0.717, 1.165) is 27.2 Å². The van der Waals surface area contributed by atoms with Crippen LogP contribution >= 0.6 is 11.3 Å². The van der Waals surface area contributed by atoms with Crippen LogP contribution in [-0.2, 0) is 21.2 Å². The first kappa shape index (κ1) is 25.1. The van der Waals surface area contributed by atoms with Crippen molar-refractivity contribution in [2.24, 2.45) is 0 Å². The van der Waals surface area contributed by atoms with Crippen molar-refractivity contribution in [2.45, 2.75) is 44.2 Å². The van der Waals surface area contributed by atoms with E-state index < -0.39 is 21.8 Å². The third-order valence-electron chi connectivity index (χ3n) is 5.43. The van der Waals surface area contributed by atoms with Crippen molar-refractivity contribution in [3.05, 3.63) is 58.9 Å². The Hall–Kier alpha value is -2.49. The molecule has 0 atom stereocenters. The Kier molecular flexibility index (Phi) is 8.10. The summed E-state index contributed by atoms with van der Waals surface area (Å²) in [5.74, 6) is -0.629. The molecule has 0 radical (unpaired) electrons. The van der Waals surface area contributed by atoms with Gasteiger partial charge in [0.05, 0.1) is 0 Å². The third-order valence-corrected chi connectivity index (χ3v) is 9.20. The van der Waals surface area contributed by atoms with Crippen molar-refractivity contribution >= 4 is 37.4 Å². The molecular formula is C24H28FNO5S2. The van der Waals surface area contributed by atoms with Gasteiger partial charge in [-0.15, -0.1) is 11.3 Å². The number of aryl methyl sites for hydroxylation is 3. The van der Waals surface area contributed by atoms with Crippen molar-refractivity contribution in [1.29, 1.82) is 0 Å². The average Bonchev–Trinajstić information content (AvgIpc) is 3.09. The summed E-state index contributed by atoms with van der Waals surface area (Å²) in [5, 5.41) is 9.47. The number of carbonyl (C=O) groups is 1. The van der Waals surface area contributed by atoms with Gasteiger partial charge in [0.1, 0.15) is 22.4 Å². The second-order valence-corrected chi connectivity index (χ2v) is 11.1. The van der Waals surface area contributed by atoms with Gasteiger partial charge < -0.3 is 9.84 Å². The summed E-state index contributed by atoms with van der Waals surface area (Å²) in [4.78, 5) is 10.8. The molecule has 0 aliphatic carbocycles. The number of fused-ring (bicyclic) bond motifs is 1. The first-order valence-electron chi connectivity index (χ1n) is 10.8. The molecule has 0 spiro atoms. The van der Waals surface area contributed by atoms with Crippen LogP contribution in [0.5, 0.6) is 5.75 Å². The Balaban J connectivity index is 1.73. The lowest BCUT2D eigenvalue weighted by molar-refractivity contribution is -0.136. The van der Waals surface area contributed by atoms with E-state index in [-0.39, 0.29) is 23.8 Å². The van der Waals surface area contributed by atoms with Crippen molar-refractivity contribution in [3.8, 4) is 5.75 Å². The average molecular weight is 494 g/mol. The standard InChI is InChI=1S/C24H28FNO5S2/c1-4-11-26(12-13-31-20-8-5-18(16(2)14-20)6-10-23(27)28)33(29,30)24-17(3)21-15-19(25)7-9-22(21)32-24/h5,7-9,14-15H,4,6,10-13H2,1-3H3,(H,27,28). The number of hydrogen-bond acceptors (Lipinski definition) is 5. The Morgan fingerprint density at radius 3 is 2.58 bits per heavy atom. The number of thiophene rings is 1. The minimum atomic E-state index is -3.76. The van der Waals surface area contributed by atoms with E-state index in [9.17, 15) is 17.6 Å². The smallest absolute Gasteiger partial charge is 0.303 e. The number of halogens is 1. The number of ether oxygens (including phenoxy) is 1. The highest BCUT2D eigenvalue weighted by Gasteiger charge is 2.28. The lowest BCUT2D eigenvalue weighted by Crippen LogP contribution is -2.35. The molecule has 9 heteroatoms. The van der Waals surface area contributed by atoms with Gasteiger partial charge in [-0.05, 0) is 79.1 Å². The van der Waals surface area contributed by atoms with E-state index >= 15 is 0 Å². The molecule has 0 amide bonds. The van der Waals surface area contributed by atoms with Gasteiger partial charge in [-0.25, -0.2) is 12.8 Å². The second-order valence-electron chi connectivity index (χ2n) is 7.89. The molecule has 0 unspecified atom stereocenters. The summed E-state index contributed by atoms with van der Waals surface area (Å²) in [6, 6.07) is 9.76. The van der Waals surface area contributed by atoms with Gasteiger partial charge in [0, 0.05) is 24.2 Å². The van der Waals surface area contributed by atoms with Crippen LogP contribution in [0.3, 0.4) is 0 Å². The molecule has 0 aliphatic heterocycles. The highest BCUT2D eigenvalue weighted by Crippen LogP contribution is 2.36. The van der Waals surface area contributed by atoms with E-state index in [0.29, 0.717) is 36.1 Å². The van der Waals surface area contributed by atoms with Crippen LogP contribution in [0.4, 0.5) is 4.39 Å². The number of rotatable bonds is 11. The first-order chi connectivity index (χ1) is 15.6. The maximum atomic E-state index is 13.7. The van der Waals surface area contributed by atoms with Gasteiger partial charge >= 0.3 is 5.97 Å². The quantitative estimate of drug-likeness (QED) is 0.399. The minimum Gasteiger partial charge on any atom is -0.492 e. The molecule has 2 aromatic carbocycles. The zero-order chi connectivity index (χ0) is 24.2. The Morgan fingerprint density at radius 2 is 1.91 bits per heavy atom. The van der Waals surface area contributed by atoms with Crippen molar-refractivity contribution in [2.75, 3.05) is 19.7 Å². The minimum absolute atomic E-state index is 0.0642. The molecule has 1 N–H and O–H groups in total. The number of benzene rings is 2. The number of sulfonamides is 1. The van der Waals surface area contributed by atoms with Gasteiger partial charge in [-0.1, -0.05) is 13.0 Å². The SMILES string of the molecule is CCCN(CCOc1ccc(CCC(=O)O)c(C)c1)S(=O)(=O)c1sc2ccc(F)cc2c1C. The molecule has 3 aromatic rings. The number of carboxylic acid groups (broad SMARTS) is 1. The predicted molar refractivity (Wildman–Crippen MR) is 128 cm³/mol. The van der Waals surface area contributed by atoms with E-state index in [1.54, 1.807) is 19.1 Å². The fourth-order valence-corrected chi connectivity index (χ4v) is 7.08. The van der Waals surface area contributed by atoms with Gasteiger partial charge in [0.15, 0.2) is 0 Å². The molecule has 33 heavy (non-hydrogen) atoms. The van der Waals surface area contributed by atoms with Crippen LogP contribution < -0.4 is 4.74 Å². The van der Waals surface area contributed by atoms with Crippen molar-refractivity contribution < 1.29 is 27.4 Å². The molecule has 6 nitrogen and oxygen atoms in total. The van der Waals surface area contributed by atoms with E-state index in [1.807, 2.05) is 26.0 Å². The lowest BCUT2D eigenvalue weighted by Gasteiger charge is -2.21. The summed E-state index contributed by atoms with van der Waals surface area (Å²) in [7, 11) is -3.76.